The Morgan fingerprint density at radius 2 is 1.77 bits per heavy atom. The first-order valence-electron chi connectivity index (χ1n) is 7.05. The number of anilines is 1. The van der Waals surface area contributed by atoms with Gasteiger partial charge in [-0.05, 0) is 63.0 Å². The number of halogens is 1. The quantitative estimate of drug-likeness (QED) is 0.875. The van der Waals surface area contributed by atoms with Crippen molar-refractivity contribution in [2.75, 3.05) is 24.7 Å². The zero-order valence-electron chi connectivity index (χ0n) is 13.1. The topological polar surface area (TPSA) is 75.3 Å². The number of hydrogen-bond acceptors (Lipinski definition) is 4. The van der Waals surface area contributed by atoms with Crippen molar-refractivity contribution in [1.82, 2.24) is 5.32 Å². The predicted octanol–water partition coefficient (Wildman–Crippen LogP) is 1.83. The molecule has 1 aliphatic rings. The van der Waals surface area contributed by atoms with Crippen molar-refractivity contribution in [2.45, 2.75) is 31.4 Å². The lowest BCUT2D eigenvalue weighted by atomic mass is 9.95. The van der Waals surface area contributed by atoms with Gasteiger partial charge in [-0.25, -0.2) is 8.42 Å². The van der Waals surface area contributed by atoms with Crippen LogP contribution in [0.5, 0.6) is 0 Å². The van der Waals surface area contributed by atoms with Crippen molar-refractivity contribution in [3.8, 4) is 0 Å². The van der Waals surface area contributed by atoms with E-state index in [0.29, 0.717) is 31.6 Å². The van der Waals surface area contributed by atoms with E-state index in [-0.39, 0.29) is 12.4 Å². The molecule has 1 aromatic rings. The van der Waals surface area contributed by atoms with Gasteiger partial charge in [-0.3, -0.25) is 4.79 Å². The summed E-state index contributed by atoms with van der Waals surface area (Å²) in [5.41, 5.74) is 2.84. The highest BCUT2D eigenvalue weighted by Gasteiger charge is 2.48. The second kappa shape index (κ2) is 6.98. The van der Waals surface area contributed by atoms with Gasteiger partial charge in [0, 0.05) is 11.9 Å². The summed E-state index contributed by atoms with van der Waals surface area (Å²) in [5.74, 6) is -0.422. The Hall–Kier alpha value is -1.11. The number of sulfone groups is 1. The molecule has 5 nitrogen and oxygen atoms in total. The van der Waals surface area contributed by atoms with E-state index in [1.807, 2.05) is 26.0 Å². The lowest BCUT2D eigenvalue weighted by Crippen LogP contribution is -2.55. The number of nitrogens with one attached hydrogen (secondary N) is 2. The molecule has 0 atom stereocenters. The molecule has 0 bridgehead atoms. The molecule has 1 aromatic carbocycles. The molecule has 1 amide bonds. The lowest BCUT2D eigenvalue weighted by Gasteiger charge is -2.34. The average Bonchev–Trinajstić information content (AvgIpc) is 2.42. The molecule has 0 radical (unpaired) electrons. The fraction of sp³-hybridized carbons (Fsp3) is 0.533. The molecule has 0 aromatic heterocycles. The largest absolute Gasteiger partial charge is 0.325 e. The van der Waals surface area contributed by atoms with Crippen LogP contribution in [-0.4, -0.2) is 38.4 Å². The Balaban J connectivity index is 0.00000242. The van der Waals surface area contributed by atoms with E-state index < -0.39 is 20.5 Å². The van der Waals surface area contributed by atoms with Gasteiger partial charge in [0.15, 0.2) is 14.6 Å². The summed E-state index contributed by atoms with van der Waals surface area (Å²) >= 11 is 0. The second-order valence-corrected chi connectivity index (χ2v) is 8.10. The van der Waals surface area contributed by atoms with Gasteiger partial charge in [0.2, 0.25) is 5.91 Å². The Labute approximate surface area is 138 Å². The Kier molecular flexibility index (Phi) is 6.01. The minimum absolute atomic E-state index is 0. The number of amides is 1. The SMILES string of the molecule is Cc1ccc(NC(=O)C2(S(C)(=O)=O)CCNCC2)cc1C.Cl. The number of aryl methyl sites for hydroxylation is 2. The van der Waals surface area contributed by atoms with Crippen molar-refractivity contribution in [3.05, 3.63) is 29.3 Å². The smallest absolute Gasteiger partial charge is 0.245 e. The first-order chi connectivity index (χ1) is 9.76. The minimum atomic E-state index is -3.48. The molecule has 2 N–H and O–H groups in total. The van der Waals surface area contributed by atoms with Crippen molar-refractivity contribution >= 4 is 33.8 Å². The van der Waals surface area contributed by atoms with E-state index in [9.17, 15) is 13.2 Å². The summed E-state index contributed by atoms with van der Waals surface area (Å²) in [5, 5.41) is 5.88. The molecular weight excluding hydrogens is 324 g/mol. The van der Waals surface area contributed by atoms with Gasteiger partial charge in [-0.2, -0.15) is 0 Å². The van der Waals surface area contributed by atoms with E-state index in [0.717, 1.165) is 17.4 Å². The third-order valence-corrected chi connectivity index (χ3v) is 6.31. The van der Waals surface area contributed by atoms with E-state index in [4.69, 9.17) is 0 Å². The highest BCUT2D eigenvalue weighted by atomic mass is 35.5. The summed E-state index contributed by atoms with van der Waals surface area (Å²) < 4.78 is 23.0. The fourth-order valence-electron chi connectivity index (χ4n) is 2.66. The predicted molar refractivity (Wildman–Crippen MR) is 91.5 cm³/mol. The van der Waals surface area contributed by atoms with Crippen molar-refractivity contribution in [2.24, 2.45) is 0 Å². The van der Waals surface area contributed by atoms with Crippen LogP contribution in [0.25, 0.3) is 0 Å². The summed E-state index contributed by atoms with van der Waals surface area (Å²) in [6.45, 7) is 5.02. The summed E-state index contributed by atoms with van der Waals surface area (Å²) in [6.07, 6.45) is 1.77. The number of hydrogen-bond donors (Lipinski definition) is 2. The zero-order chi connectivity index (χ0) is 15.7. The summed E-state index contributed by atoms with van der Waals surface area (Å²) in [7, 11) is -3.48. The van der Waals surface area contributed by atoms with Gasteiger partial charge >= 0.3 is 0 Å². The van der Waals surface area contributed by atoms with Crippen LogP contribution in [-0.2, 0) is 14.6 Å². The van der Waals surface area contributed by atoms with Crippen LogP contribution in [0.2, 0.25) is 0 Å². The molecule has 0 aliphatic carbocycles. The number of rotatable bonds is 3. The van der Waals surface area contributed by atoms with Crippen LogP contribution in [0.4, 0.5) is 5.69 Å². The third kappa shape index (κ3) is 3.62. The van der Waals surface area contributed by atoms with E-state index in [1.54, 1.807) is 6.07 Å². The molecule has 1 heterocycles. The van der Waals surface area contributed by atoms with Gasteiger partial charge in [-0.1, -0.05) is 6.07 Å². The molecule has 1 fully saturated rings. The molecule has 0 unspecified atom stereocenters. The first kappa shape index (κ1) is 18.9. The van der Waals surface area contributed by atoms with Gasteiger partial charge in [-0.15, -0.1) is 12.4 Å². The Morgan fingerprint density at radius 3 is 2.27 bits per heavy atom. The maximum atomic E-state index is 12.6. The summed E-state index contributed by atoms with van der Waals surface area (Å²) in [6, 6.07) is 5.59. The van der Waals surface area contributed by atoms with Crippen LogP contribution in [0.15, 0.2) is 18.2 Å². The summed E-state index contributed by atoms with van der Waals surface area (Å²) in [4.78, 5) is 12.6. The number of benzene rings is 1. The van der Waals surface area contributed by atoms with E-state index in [2.05, 4.69) is 10.6 Å². The average molecular weight is 347 g/mol. The molecule has 0 spiro atoms. The van der Waals surface area contributed by atoms with Crippen LogP contribution in [0.1, 0.15) is 24.0 Å². The second-order valence-electron chi connectivity index (χ2n) is 5.77. The van der Waals surface area contributed by atoms with Crippen LogP contribution < -0.4 is 10.6 Å². The standard InChI is InChI=1S/C15H22N2O3S.ClH/c1-11-4-5-13(10-12(11)2)17-14(18)15(21(3,19)20)6-8-16-9-7-15;/h4-5,10,16H,6-9H2,1-3H3,(H,17,18);1H. The lowest BCUT2D eigenvalue weighted by molar-refractivity contribution is -0.119. The number of carbonyl (C=O) groups is 1. The van der Waals surface area contributed by atoms with Crippen molar-refractivity contribution in [1.29, 1.82) is 0 Å². The molecule has 22 heavy (non-hydrogen) atoms. The zero-order valence-corrected chi connectivity index (χ0v) is 14.7. The van der Waals surface area contributed by atoms with Gasteiger partial charge in [0.25, 0.3) is 0 Å². The molecular formula is C15H23ClN2O3S. The van der Waals surface area contributed by atoms with E-state index in [1.165, 1.54) is 0 Å². The molecule has 1 aliphatic heterocycles. The highest BCUT2D eigenvalue weighted by Crippen LogP contribution is 2.29. The maximum absolute atomic E-state index is 12.6. The van der Waals surface area contributed by atoms with Crippen molar-refractivity contribution < 1.29 is 13.2 Å². The van der Waals surface area contributed by atoms with Gasteiger partial charge < -0.3 is 10.6 Å². The Morgan fingerprint density at radius 1 is 1.18 bits per heavy atom. The number of carbonyl (C=O) groups excluding carboxylic acids is 1. The van der Waals surface area contributed by atoms with Gasteiger partial charge in [0.1, 0.15) is 0 Å². The van der Waals surface area contributed by atoms with Crippen LogP contribution in [0, 0.1) is 13.8 Å². The molecule has 1 saturated heterocycles. The minimum Gasteiger partial charge on any atom is -0.325 e. The molecule has 124 valence electrons. The normalized spacial score (nSPS) is 17.4. The Bertz CT molecular complexity index is 653. The van der Waals surface area contributed by atoms with Crippen LogP contribution >= 0.6 is 12.4 Å². The first-order valence-corrected chi connectivity index (χ1v) is 8.94. The van der Waals surface area contributed by atoms with Crippen molar-refractivity contribution in [3.63, 3.8) is 0 Å². The number of piperidine rings is 1. The monoisotopic (exact) mass is 346 g/mol. The highest BCUT2D eigenvalue weighted by molar-refractivity contribution is 7.92. The van der Waals surface area contributed by atoms with E-state index >= 15 is 0 Å². The van der Waals surface area contributed by atoms with Crippen LogP contribution in [0.3, 0.4) is 0 Å². The third-order valence-electron chi connectivity index (χ3n) is 4.30. The van der Waals surface area contributed by atoms with Gasteiger partial charge in [0.05, 0.1) is 0 Å². The molecule has 2 rings (SSSR count). The maximum Gasteiger partial charge on any atom is 0.245 e. The molecule has 7 heteroatoms. The fourth-order valence-corrected chi connectivity index (χ4v) is 3.99. The molecule has 0 saturated carbocycles.